The number of unbranched alkanes of at least 4 members (excludes halogenated alkanes) is 1. The van der Waals surface area contributed by atoms with E-state index in [0.717, 1.165) is 31.5 Å². The average molecular weight is 230 g/mol. The molecule has 1 aromatic rings. The maximum atomic E-state index is 11.8. The molecule has 0 N–H and O–H groups in total. The third-order valence-electron chi connectivity index (χ3n) is 3.26. The maximum Gasteiger partial charge on any atom is 0.162 e. The largest absolute Gasteiger partial charge is 0.303 e. The number of hydrogen-bond acceptors (Lipinski definition) is 2. The molecule has 2 nitrogen and oxygen atoms in total. The fourth-order valence-electron chi connectivity index (χ4n) is 2.23. The zero-order chi connectivity index (χ0) is 11.9. The van der Waals surface area contributed by atoms with Crippen LogP contribution in [0.2, 0.25) is 0 Å². The van der Waals surface area contributed by atoms with Gasteiger partial charge in [0.2, 0.25) is 0 Å². The van der Waals surface area contributed by atoms with Gasteiger partial charge in [-0.05, 0) is 38.8 Å². The standard InChI is InChI=1S/C15H20NO/c17-15(14-8-2-1-3-9-14)10-4-5-11-16-12-6-7-13-16/h1-3,6,8-9H,4-5,7,10-13H2. The number of Topliss-reactive ketones (excluding diaryl/α,β-unsaturated/α-hetero) is 1. The SMILES string of the molecule is O=C(CCCCN1C[CH]CC1)c1ccccc1. The van der Waals surface area contributed by atoms with Gasteiger partial charge in [0.15, 0.2) is 5.78 Å². The summed E-state index contributed by atoms with van der Waals surface area (Å²) in [7, 11) is 0. The first-order valence-corrected chi connectivity index (χ1v) is 6.48. The third kappa shape index (κ3) is 3.97. The topological polar surface area (TPSA) is 20.3 Å². The lowest BCUT2D eigenvalue weighted by atomic mass is 10.1. The van der Waals surface area contributed by atoms with Gasteiger partial charge in [0.1, 0.15) is 0 Å². The first-order valence-electron chi connectivity index (χ1n) is 6.48. The van der Waals surface area contributed by atoms with Crippen molar-refractivity contribution in [2.75, 3.05) is 19.6 Å². The second-order valence-corrected chi connectivity index (χ2v) is 4.62. The summed E-state index contributed by atoms with van der Waals surface area (Å²) in [4.78, 5) is 14.3. The summed E-state index contributed by atoms with van der Waals surface area (Å²) >= 11 is 0. The molecule has 0 aliphatic carbocycles. The number of likely N-dealkylation sites (tertiary alicyclic amines) is 1. The first kappa shape index (κ1) is 12.3. The number of rotatable bonds is 6. The van der Waals surface area contributed by atoms with Crippen LogP contribution in [-0.2, 0) is 0 Å². The van der Waals surface area contributed by atoms with Gasteiger partial charge in [0.25, 0.3) is 0 Å². The van der Waals surface area contributed by atoms with Crippen LogP contribution in [0.4, 0.5) is 0 Å². The minimum Gasteiger partial charge on any atom is -0.303 e. The Labute approximate surface area is 104 Å². The van der Waals surface area contributed by atoms with Crippen LogP contribution in [0.1, 0.15) is 36.0 Å². The Bertz CT molecular complexity index is 341. The highest BCUT2D eigenvalue weighted by Gasteiger charge is 2.11. The Morgan fingerprint density at radius 1 is 1.18 bits per heavy atom. The first-order chi connectivity index (χ1) is 8.36. The molecule has 1 heterocycles. The molecule has 0 spiro atoms. The van der Waals surface area contributed by atoms with Crippen LogP contribution >= 0.6 is 0 Å². The minimum atomic E-state index is 0.276. The van der Waals surface area contributed by atoms with Gasteiger partial charge in [-0.15, -0.1) is 0 Å². The quantitative estimate of drug-likeness (QED) is 0.553. The van der Waals surface area contributed by atoms with E-state index in [2.05, 4.69) is 11.3 Å². The fourth-order valence-corrected chi connectivity index (χ4v) is 2.23. The molecule has 1 radical (unpaired) electrons. The van der Waals surface area contributed by atoms with Crippen LogP contribution in [0.15, 0.2) is 30.3 Å². The van der Waals surface area contributed by atoms with E-state index < -0.39 is 0 Å². The molecule has 0 saturated carbocycles. The molecule has 1 aliphatic heterocycles. The maximum absolute atomic E-state index is 11.8. The lowest BCUT2D eigenvalue weighted by Crippen LogP contribution is -2.20. The molecule has 17 heavy (non-hydrogen) atoms. The van der Waals surface area contributed by atoms with Gasteiger partial charge in [-0.3, -0.25) is 4.79 Å². The molecule has 2 heteroatoms. The normalized spacial score (nSPS) is 16.2. The molecule has 1 aromatic carbocycles. The van der Waals surface area contributed by atoms with E-state index in [1.165, 1.54) is 13.0 Å². The van der Waals surface area contributed by atoms with E-state index in [1.807, 2.05) is 30.3 Å². The molecule has 0 aromatic heterocycles. The van der Waals surface area contributed by atoms with Crippen LogP contribution < -0.4 is 0 Å². The lowest BCUT2D eigenvalue weighted by molar-refractivity contribution is 0.0978. The van der Waals surface area contributed by atoms with Crippen LogP contribution in [0.25, 0.3) is 0 Å². The number of carbonyl (C=O) groups is 1. The molecule has 1 aliphatic rings. The highest BCUT2D eigenvalue weighted by atomic mass is 16.1. The van der Waals surface area contributed by atoms with Crippen LogP contribution in [-0.4, -0.2) is 30.3 Å². The number of benzene rings is 1. The van der Waals surface area contributed by atoms with Crippen molar-refractivity contribution in [2.45, 2.75) is 25.7 Å². The molecular weight excluding hydrogens is 210 g/mol. The van der Waals surface area contributed by atoms with Crippen LogP contribution in [0, 0.1) is 6.42 Å². The Balaban J connectivity index is 1.63. The van der Waals surface area contributed by atoms with Gasteiger partial charge < -0.3 is 4.90 Å². The van der Waals surface area contributed by atoms with Crippen LogP contribution in [0.5, 0.6) is 0 Å². The smallest absolute Gasteiger partial charge is 0.162 e. The van der Waals surface area contributed by atoms with Crippen molar-refractivity contribution in [3.8, 4) is 0 Å². The van der Waals surface area contributed by atoms with Crippen molar-refractivity contribution < 1.29 is 4.79 Å². The molecule has 1 saturated heterocycles. The number of ketones is 1. The Hall–Kier alpha value is -1.15. The minimum absolute atomic E-state index is 0.276. The van der Waals surface area contributed by atoms with Gasteiger partial charge in [-0.1, -0.05) is 30.3 Å². The number of nitrogens with zero attached hydrogens (tertiary/aromatic N) is 1. The van der Waals surface area contributed by atoms with Gasteiger partial charge in [0.05, 0.1) is 0 Å². The molecule has 0 amide bonds. The van der Waals surface area contributed by atoms with Crippen molar-refractivity contribution >= 4 is 5.78 Å². The summed E-state index contributed by atoms with van der Waals surface area (Å²) in [6, 6.07) is 9.59. The van der Waals surface area contributed by atoms with Gasteiger partial charge in [0, 0.05) is 18.5 Å². The van der Waals surface area contributed by atoms with Crippen molar-refractivity contribution in [1.82, 2.24) is 4.90 Å². The van der Waals surface area contributed by atoms with Gasteiger partial charge >= 0.3 is 0 Å². The van der Waals surface area contributed by atoms with E-state index in [9.17, 15) is 4.79 Å². The molecule has 2 rings (SSSR count). The predicted octanol–water partition coefficient (Wildman–Crippen LogP) is 2.95. The van der Waals surface area contributed by atoms with Crippen molar-refractivity contribution in [1.29, 1.82) is 0 Å². The predicted molar refractivity (Wildman–Crippen MR) is 70.0 cm³/mol. The second-order valence-electron chi connectivity index (χ2n) is 4.62. The second kappa shape index (κ2) is 6.55. The monoisotopic (exact) mass is 230 g/mol. The summed E-state index contributed by atoms with van der Waals surface area (Å²) < 4.78 is 0. The van der Waals surface area contributed by atoms with E-state index in [4.69, 9.17) is 0 Å². The highest BCUT2D eigenvalue weighted by molar-refractivity contribution is 5.95. The zero-order valence-electron chi connectivity index (χ0n) is 10.3. The highest BCUT2D eigenvalue weighted by Crippen LogP contribution is 2.10. The fraction of sp³-hybridized carbons (Fsp3) is 0.467. The summed E-state index contributed by atoms with van der Waals surface area (Å²) in [6.45, 7) is 3.47. The summed E-state index contributed by atoms with van der Waals surface area (Å²) in [5.41, 5.74) is 0.849. The third-order valence-corrected chi connectivity index (χ3v) is 3.26. The van der Waals surface area contributed by atoms with E-state index in [0.29, 0.717) is 6.42 Å². The molecule has 0 unspecified atom stereocenters. The lowest BCUT2D eigenvalue weighted by Gasteiger charge is -2.13. The van der Waals surface area contributed by atoms with Crippen molar-refractivity contribution in [3.05, 3.63) is 42.3 Å². The van der Waals surface area contributed by atoms with E-state index >= 15 is 0 Å². The zero-order valence-corrected chi connectivity index (χ0v) is 10.3. The number of carbonyl (C=O) groups excluding carboxylic acids is 1. The van der Waals surface area contributed by atoms with E-state index in [1.54, 1.807) is 0 Å². The molecular formula is C15H20NO. The van der Waals surface area contributed by atoms with Crippen LogP contribution in [0.3, 0.4) is 0 Å². The Morgan fingerprint density at radius 2 is 2.00 bits per heavy atom. The van der Waals surface area contributed by atoms with Gasteiger partial charge in [-0.2, -0.15) is 0 Å². The Morgan fingerprint density at radius 3 is 2.71 bits per heavy atom. The van der Waals surface area contributed by atoms with E-state index in [-0.39, 0.29) is 5.78 Å². The molecule has 91 valence electrons. The Kier molecular flexibility index (Phi) is 4.75. The molecule has 0 bridgehead atoms. The summed E-state index contributed by atoms with van der Waals surface area (Å²) in [5.74, 6) is 0.276. The molecule has 0 atom stereocenters. The summed E-state index contributed by atoms with van der Waals surface area (Å²) in [6.07, 6.45) is 6.37. The summed E-state index contributed by atoms with van der Waals surface area (Å²) in [5, 5.41) is 0. The van der Waals surface area contributed by atoms with Crippen molar-refractivity contribution in [3.63, 3.8) is 0 Å². The van der Waals surface area contributed by atoms with Gasteiger partial charge in [-0.25, -0.2) is 0 Å². The molecule has 1 fully saturated rings. The average Bonchev–Trinajstić information content (AvgIpc) is 2.88. The van der Waals surface area contributed by atoms with Crippen molar-refractivity contribution in [2.24, 2.45) is 0 Å². The number of hydrogen-bond donors (Lipinski definition) is 0.